The Balaban J connectivity index is 2.61. The molecule has 0 bridgehead atoms. The molecular formula is C15H20FNO4. The van der Waals surface area contributed by atoms with Crippen LogP contribution in [0.5, 0.6) is 0 Å². The standard InChI is InChI=1S/C15H20FNO4/c1-2-21-9-3-8-17-13(10-14(18)19)15(20)11-4-6-12(16)7-5-11/h4-7,13,17H,2-3,8-10H2,1H3,(H,18,19). The van der Waals surface area contributed by atoms with Crippen molar-refractivity contribution in [1.82, 2.24) is 5.32 Å². The van der Waals surface area contributed by atoms with Gasteiger partial charge in [-0.1, -0.05) is 0 Å². The van der Waals surface area contributed by atoms with E-state index in [4.69, 9.17) is 9.84 Å². The van der Waals surface area contributed by atoms with Gasteiger partial charge in [-0.15, -0.1) is 0 Å². The first-order chi connectivity index (χ1) is 10.0. The Morgan fingerprint density at radius 2 is 2.00 bits per heavy atom. The van der Waals surface area contributed by atoms with Gasteiger partial charge in [0.15, 0.2) is 5.78 Å². The first-order valence-corrected chi connectivity index (χ1v) is 6.87. The fourth-order valence-electron chi connectivity index (χ4n) is 1.84. The van der Waals surface area contributed by atoms with Gasteiger partial charge in [-0.25, -0.2) is 4.39 Å². The average molecular weight is 297 g/mol. The van der Waals surface area contributed by atoms with Crippen LogP contribution in [0.3, 0.4) is 0 Å². The molecule has 0 spiro atoms. The molecule has 0 aliphatic carbocycles. The monoisotopic (exact) mass is 297 g/mol. The van der Waals surface area contributed by atoms with Crippen LogP contribution < -0.4 is 5.32 Å². The minimum Gasteiger partial charge on any atom is -0.481 e. The van der Waals surface area contributed by atoms with Crippen molar-refractivity contribution in [2.75, 3.05) is 19.8 Å². The number of ketones is 1. The second kappa shape index (κ2) is 9.20. The molecule has 2 N–H and O–H groups in total. The van der Waals surface area contributed by atoms with Crippen LogP contribution in [0, 0.1) is 5.82 Å². The number of carboxylic acid groups (broad SMARTS) is 1. The number of carbonyl (C=O) groups is 2. The zero-order valence-corrected chi connectivity index (χ0v) is 12.0. The summed E-state index contributed by atoms with van der Waals surface area (Å²) in [4.78, 5) is 23.1. The van der Waals surface area contributed by atoms with Crippen LogP contribution in [0.15, 0.2) is 24.3 Å². The highest BCUT2D eigenvalue weighted by atomic mass is 19.1. The molecule has 1 aromatic carbocycles. The van der Waals surface area contributed by atoms with E-state index in [9.17, 15) is 14.0 Å². The molecule has 0 heterocycles. The smallest absolute Gasteiger partial charge is 0.305 e. The van der Waals surface area contributed by atoms with Gasteiger partial charge in [0.05, 0.1) is 12.5 Å². The van der Waals surface area contributed by atoms with E-state index in [-0.39, 0.29) is 12.2 Å². The predicted octanol–water partition coefficient (Wildman–Crippen LogP) is 1.87. The van der Waals surface area contributed by atoms with Gasteiger partial charge < -0.3 is 15.2 Å². The molecule has 21 heavy (non-hydrogen) atoms. The SMILES string of the molecule is CCOCCCNC(CC(=O)O)C(=O)c1ccc(F)cc1. The van der Waals surface area contributed by atoms with Gasteiger partial charge in [-0.3, -0.25) is 9.59 Å². The van der Waals surface area contributed by atoms with Gasteiger partial charge in [-0.05, 0) is 44.2 Å². The van der Waals surface area contributed by atoms with Crippen LogP contribution in [0.2, 0.25) is 0 Å². The number of ether oxygens (including phenoxy) is 1. The van der Waals surface area contributed by atoms with Crippen LogP contribution >= 0.6 is 0 Å². The fourth-order valence-corrected chi connectivity index (χ4v) is 1.84. The van der Waals surface area contributed by atoms with Crippen LogP contribution in [0.1, 0.15) is 30.1 Å². The van der Waals surface area contributed by atoms with E-state index in [1.54, 1.807) is 0 Å². The number of rotatable bonds is 10. The lowest BCUT2D eigenvalue weighted by Crippen LogP contribution is -2.39. The first kappa shape index (κ1) is 17.3. The Labute approximate surface area is 123 Å². The van der Waals surface area contributed by atoms with Crippen molar-refractivity contribution in [3.63, 3.8) is 0 Å². The Bertz CT molecular complexity index is 461. The summed E-state index contributed by atoms with van der Waals surface area (Å²) in [6.45, 7) is 3.53. The molecule has 0 aromatic heterocycles. The summed E-state index contributed by atoms with van der Waals surface area (Å²) in [6, 6.07) is 4.25. The first-order valence-electron chi connectivity index (χ1n) is 6.87. The molecule has 0 aliphatic rings. The lowest BCUT2D eigenvalue weighted by Gasteiger charge is -2.16. The topological polar surface area (TPSA) is 75.6 Å². The number of Topliss-reactive ketones (excluding diaryl/α,β-unsaturated/α-hetero) is 1. The summed E-state index contributed by atoms with van der Waals surface area (Å²) in [6.07, 6.45) is 0.367. The van der Waals surface area contributed by atoms with E-state index in [2.05, 4.69) is 5.32 Å². The van der Waals surface area contributed by atoms with Crippen LogP contribution in [0.25, 0.3) is 0 Å². The Morgan fingerprint density at radius 3 is 2.57 bits per heavy atom. The summed E-state index contributed by atoms with van der Waals surface area (Å²) >= 11 is 0. The molecule has 1 unspecified atom stereocenters. The lowest BCUT2D eigenvalue weighted by atomic mass is 10.0. The number of carboxylic acids is 1. The zero-order chi connectivity index (χ0) is 15.7. The third-order valence-corrected chi connectivity index (χ3v) is 2.88. The van der Waals surface area contributed by atoms with Crippen LogP contribution in [-0.2, 0) is 9.53 Å². The second-order valence-corrected chi connectivity index (χ2v) is 4.53. The van der Waals surface area contributed by atoms with Gasteiger partial charge in [0.2, 0.25) is 0 Å². The molecule has 1 atom stereocenters. The van der Waals surface area contributed by atoms with Crippen molar-refractivity contribution in [2.24, 2.45) is 0 Å². The molecule has 0 amide bonds. The molecule has 0 aliphatic heterocycles. The predicted molar refractivity (Wildman–Crippen MR) is 75.9 cm³/mol. The molecule has 0 fully saturated rings. The van der Waals surface area contributed by atoms with E-state index in [1.165, 1.54) is 24.3 Å². The number of halogens is 1. The maximum absolute atomic E-state index is 12.8. The second-order valence-electron chi connectivity index (χ2n) is 4.53. The quantitative estimate of drug-likeness (QED) is 0.509. The molecular weight excluding hydrogens is 277 g/mol. The summed E-state index contributed by atoms with van der Waals surface area (Å²) < 4.78 is 18.0. The molecule has 116 valence electrons. The van der Waals surface area contributed by atoms with Crippen molar-refractivity contribution in [2.45, 2.75) is 25.8 Å². The number of nitrogens with one attached hydrogen (secondary N) is 1. The minimum absolute atomic E-state index is 0.292. The normalized spacial score (nSPS) is 12.1. The van der Waals surface area contributed by atoms with E-state index < -0.39 is 17.8 Å². The summed E-state index contributed by atoms with van der Waals surface area (Å²) in [5.41, 5.74) is 0.292. The van der Waals surface area contributed by atoms with Crippen LogP contribution in [0.4, 0.5) is 4.39 Å². The lowest BCUT2D eigenvalue weighted by molar-refractivity contribution is -0.137. The van der Waals surface area contributed by atoms with Gasteiger partial charge in [0.25, 0.3) is 0 Å². The Morgan fingerprint density at radius 1 is 1.33 bits per heavy atom. The third-order valence-electron chi connectivity index (χ3n) is 2.88. The van der Waals surface area contributed by atoms with Gasteiger partial charge in [0, 0.05) is 18.8 Å². The van der Waals surface area contributed by atoms with Crippen molar-refractivity contribution in [3.8, 4) is 0 Å². The molecule has 1 rings (SSSR count). The summed E-state index contributed by atoms with van der Waals surface area (Å²) in [5.74, 6) is -1.85. The number of aliphatic carboxylic acids is 1. The van der Waals surface area contributed by atoms with E-state index in [0.717, 1.165) is 0 Å². The molecule has 0 saturated heterocycles. The van der Waals surface area contributed by atoms with Crippen molar-refractivity contribution in [3.05, 3.63) is 35.6 Å². The van der Waals surface area contributed by atoms with E-state index in [0.29, 0.717) is 31.7 Å². The summed E-state index contributed by atoms with van der Waals surface area (Å²) in [5, 5.41) is 11.8. The van der Waals surface area contributed by atoms with Gasteiger partial charge in [-0.2, -0.15) is 0 Å². The Kier molecular flexibility index (Phi) is 7.56. The van der Waals surface area contributed by atoms with Crippen molar-refractivity contribution in [1.29, 1.82) is 0 Å². The van der Waals surface area contributed by atoms with Crippen LogP contribution in [-0.4, -0.2) is 42.7 Å². The third kappa shape index (κ3) is 6.46. The van der Waals surface area contributed by atoms with Gasteiger partial charge >= 0.3 is 5.97 Å². The van der Waals surface area contributed by atoms with E-state index >= 15 is 0 Å². The fraction of sp³-hybridized carbons (Fsp3) is 0.467. The largest absolute Gasteiger partial charge is 0.481 e. The highest BCUT2D eigenvalue weighted by Crippen LogP contribution is 2.08. The van der Waals surface area contributed by atoms with E-state index in [1.807, 2.05) is 6.92 Å². The number of carbonyl (C=O) groups excluding carboxylic acids is 1. The molecule has 6 heteroatoms. The highest BCUT2D eigenvalue weighted by Gasteiger charge is 2.22. The molecule has 1 aromatic rings. The van der Waals surface area contributed by atoms with Crippen molar-refractivity contribution >= 4 is 11.8 Å². The van der Waals surface area contributed by atoms with Gasteiger partial charge in [0.1, 0.15) is 5.82 Å². The molecule has 0 saturated carbocycles. The summed E-state index contributed by atoms with van der Waals surface area (Å²) in [7, 11) is 0. The maximum atomic E-state index is 12.8. The highest BCUT2D eigenvalue weighted by molar-refractivity contribution is 6.01. The zero-order valence-electron chi connectivity index (χ0n) is 12.0. The average Bonchev–Trinajstić information content (AvgIpc) is 2.45. The Hall–Kier alpha value is -1.79. The van der Waals surface area contributed by atoms with Crippen molar-refractivity contribution < 1.29 is 23.8 Å². The molecule has 5 nitrogen and oxygen atoms in total. The molecule has 0 radical (unpaired) electrons. The number of hydrogen-bond donors (Lipinski definition) is 2. The minimum atomic E-state index is -1.06. The number of benzene rings is 1. The number of hydrogen-bond acceptors (Lipinski definition) is 4. The maximum Gasteiger partial charge on any atom is 0.305 e.